The normalized spacial score (nSPS) is 10.6. The molecule has 118 valence electrons. The topological polar surface area (TPSA) is 75.6 Å². The van der Waals surface area contributed by atoms with Crippen molar-refractivity contribution >= 4 is 34.6 Å². The molecule has 0 spiro atoms. The molecule has 0 radical (unpaired) electrons. The number of hydrogen-bond donors (Lipinski definition) is 2. The number of unbranched alkanes of at least 4 members (excludes halogenated alkanes) is 1. The van der Waals surface area contributed by atoms with Crippen molar-refractivity contribution in [1.29, 1.82) is 0 Å². The van der Waals surface area contributed by atoms with Crippen LogP contribution in [0.4, 0.5) is 5.13 Å². The van der Waals surface area contributed by atoms with E-state index in [0.29, 0.717) is 28.7 Å². The molecule has 0 saturated heterocycles. The van der Waals surface area contributed by atoms with Crippen LogP contribution in [0.1, 0.15) is 31.9 Å². The van der Waals surface area contributed by atoms with Gasteiger partial charge in [0, 0.05) is 13.0 Å². The van der Waals surface area contributed by atoms with Crippen LogP contribution in [0.25, 0.3) is 10.7 Å². The second-order valence-corrected chi connectivity index (χ2v) is 6.22. The SMILES string of the molecule is C=CCn1c(-c2sc(NC(=O)CCCC)nc2C)n[nH]c1=S. The van der Waals surface area contributed by atoms with E-state index in [4.69, 9.17) is 12.2 Å². The van der Waals surface area contributed by atoms with Crippen LogP contribution in [-0.4, -0.2) is 25.7 Å². The predicted octanol–water partition coefficient (Wildman–Crippen LogP) is 3.69. The van der Waals surface area contributed by atoms with E-state index in [1.54, 1.807) is 6.08 Å². The Kier molecular flexibility index (Phi) is 5.62. The smallest absolute Gasteiger partial charge is 0.226 e. The molecule has 0 aliphatic heterocycles. The van der Waals surface area contributed by atoms with Crippen LogP contribution >= 0.6 is 23.6 Å². The van der Waals surface area contributed by atoms with Crippen molar-refractivity contribution in [2.75, 3.05) is 5.32 Å². The summed E-state index contributed by atoms with van der Waals surface area (Å²) in [5.41, 5.74) is 0.815. The fraction of sp³-hybridized carbons (Fsp3) is 0.429. The summed E-state index contributed by atoms with van der Waals surface area (Å²) >= 11 is 6.62. The van der Waals surface area contributed by atoms with Crippen molar-refractivity contribution in [3.63, 3.8) is 0 Å². The van der Waals surface area contributed by atoms with Crippen molar-refractivity contribution in [3.8, 4) is 10.7 Å². The van der Waals surface area contributed by atoms with E-state index in [1.807, 2.05) is 11.5 Å². The van der Waals surface area contributed by atoms with Crippen molar-refractivity contribution in [2.45, 2.75) is 39.7 Å². The zero-order chi connectivity index (χ0) is 16.1. The molecule has 0 fully saturated rings. The largest absolute Gasteiger partial charge is 0.302 e. The molecular weight excluding hydrogens is 318 g/mol. The van der Waals surface area contributed by atoms with Crippen LogP contribution in [0.3, 0.4) is 0 Å². The zero-order valence-corrected chi connectivity index (χ0v) is 14.3. The second kappa shape index (κ2) is 7.46. The average molecular weight is 337 g/mol. The fourth-order valence-corrected chi connectivity index (χ4v) is 3.15. The summed E-state index contributed by atoms with van der Waals surface area (Å²) in [6.45, 7) is 8.25. The van der Waals surface area contributed by atoms with Gasteiger partial charge in [0.15, 0.2) is 15.7 Å². The molecule has 2 aromatic heterocycles. The molecule has 0 atom stereocenters. The van der Waals surface area contributed by atoms with Crippen molar-refractivity contribution in [2.24, 2.45) is 0 Å². The molecule has 6 nitrogen and oxygen atoms in total. The van der Waals surface area contributed by atoms with Gasteiger partial charge in [-0.05, 0) is 25.6 Å². The molecule has 0 unspecified atom stereocenters. The first kappa shape index (κ1) is 16.6. The first-order chi connectivity index (χ1) is 10.6. The van der Waals surface area contributed by atoms with Gasteiger partial charge in [0.05, 0.1) is 10.6 Å². The second-order valence-electron chi connectivity index (χ2n) is 4.84. The summed E-state index contributed by atoms with van der Waals surface area (Å²) in [6, 6.07) is 0. The number of aryl methyl sites for hydroxylation is 1. The predicted molar refractivity (Wildman–Crippen MR) is 91.6 cm³/mol. The zero-order valence-electron chi connectivity index (χ0n) is 12.7. The molecule has 0 bridgehead atoms. The number of aromatic nitrogens is 4. The number of carbonyl (C=O) groups excluding carboxylic acids is 1. The fourth-order valence-electron chi connectivity index (χ4n) is 1.97. The number of hydrogen-bond acceptors (Lipinski definition) is 5. The molecule has 0 aromatic carbocycles. The van der Waals surface area contributed by atoms with Gasteiger partial charge in [-0.25, -0.2) is 4.98 Å². The quantitative estimate of drug-likeness (QED) is 0.597. The molecule has 0 aliphatic rings. The highest BCUT2D eigenvalue weighted by Crippen LogP contribution is 2.31. The van der Waals surface area contributed by atoms with Gasteiger partial charge in [0.1, 0.15) is 0 Å². The van der Waals surface area contributed by atoms with E-state index in [1.165, 1.54) is 11.3 Å². The van der Waals surface area contributed by atoms with Crippen molar-refractivity contribution < 1.29 is 4.79 Å². The number of carbonyl (C=O) groups is 1. The van der Waals surface area contributed by atoms with Crippen LogP contribution in [0.15, 0.2) is 12.7 Å². The highest BCUT2D eigenvalue weighted by Gasteiger charge is 2.16. The molecule has 2 rings (SSSR count). The Bertz CT molecular complexity index is 728. The van der Waals surface area contributed by atoms with Crippen LogP contribution in [0, 0.1) is 11.7 Å². The Hall–Kier alpha value is -1.80. The number of thiazole rings is 1. The van der Waals surface area contributed by atoms with Gasteiger partial charge >= 0.3 is 0 Å². The summed E-state index contributed by atoms with van der Waals surface area (Å²) in [4.78, 5) is 17.1. The minimum Gasteiger partial charge on any atom is -0.302 e. The number of rotatable bonds is 7. The lowest BCUT2D eigenvalue weighted by molar-refractivity contribution is -0.116. The first-order valence-corrected chi connectivity index (χ1v) is 8.33. The number of nitrogens with zero attached hydrogens (tertiary/aromatic N) is 3. The van der Waals surface area contributed by atoms with E-state index in [9.17, 15) is 4.79 Å². The molecule has 22 heavy (non-hydrogen) atoms. The Labute approximate surface area is 138 Å². The summed E-state index contributed by atoms with van der Waals surface area (Å²) < 4.78 is 2.39. The van der Waals surface area contributed by atoms with Gasteiger partial charge in [-0.3, -0.25) is 14.5 Å². The van der Waals surface area contributed by atoms with Crippen molar-refractivity contribution in [1.82, 2.24) is 19.7 Å². The third-order valence-electron chi connectivity index (χ3n) is 3.07. The van der Waals surface area contributed by atoms with Gasteiger partial charge in [-0.2, -0.15) is 5.10 Å². The van der Waals surface area contributed by atoms with Crippen molar-refractivity contribution in [3.05, 3.63) is 23.1 Å². The number of H-pyrrole nitrogens is 1. The molecule has 2 heterocycles. The molecule has 0 aliphatic carbocycles. The van der Waals surface area contributed by atoms with E-state index in [-0.39, 0.29) is 5.91 Å². The minimum absolute atomic E-state index is 0.00731. The number of amides is 1. The number of aromatic amines is 1. The molecule has 8 heteroatoms. The van der Waals surface area contributed by atoms with Crippen LogP contribution in [0.2, 0.25) is 0 Å². The van der Waals surface area contributed by atoms with Crippen LogP contribution in [-0.2, 0) is 11.3 Å². The van der Waals surface area contributed by atoms with Gasteiger partial charge in [0.2, 0.25) is 5.91 Å². The Morgan fingerprint density at radius 2 is 2.36 bits per heavy atom. The van der Waals surface area contributed by atoms with Gasteiger partial charge in [-0.15, -0.1) is 6.58 Å². The lowest BCUT2D eigenvalue weighted by Crippen LogP contribution is -2.10. The van der Waals surface area contributed by atoms with Crippen LogP contribution in [0.5, 0.6) is 0 Å². The van der Waals surface area contributed by atoms with E-state index in [2.05, 4.69) is 34.0 Å². The summed E-state index contributed by atoms with van der Waals surface area (Å²) in [7, 11) is 0. The third-order valence-corrected chi connectivity index (χ3v) is 4.45. The molecule has 0 saturated carbocycles. The Morgan fingerprint density at radius 3 is 3.05 bits per heavy atom. The molecule has 1 amide bonds. The van der Waals surface area contributed by atoms with Gasteiger partial charge < -0.3 is 5.32 Å². The molecule has 2 aromatic rings. The van der Waals surface area contributed by atoms with Gasteiger partial charge in [-0.1, -0.05) is 30.8 Å². The summed E-state index contributed by atoms with van der Waals surface area (Å²) in [5.74, 6) is 0.709. The standard InChI is InChI=1S/C14H19N5OS2/c1-4-6-7-10(20)16-13-15-9(3)11(22-13)12-17-18-14(21)19(12)8-5-2/h5H,2,4,6-8H2,1,3H3,(H,18,21)(H,15,16,20). The molecular formula is C14H19N5OS2. The van der Waals surface area contributed by atoms with E-state index < -0.39 is 0 Å². The maximum Gasteiger partial charge on any atom is 0.226 e. The van der Waals surface area contributed by atoms with E-state index >= 15 is 0 Å². The number of anilines is 1. The summed E-state index contributed by atoms with van der Waals surface area (Å²) in [6.07, 6.45) is 4.14. The molecule has 2 N–H and O–H groups in total. The van der Waals surface area contributed by atoms with E-state index in [0.717, 1.165) is 23.4 Å². The monoisotopic (exact) mass is 337 g/mol. The highest BCUT2D eigenvalue weighted by molar-refractivity contribution is 7.71. The average Bonchev–Trinajstić information content (AvgIpc) is 3.01. The maximum absolute atomic E-state index is 11.8. The Morgan fingerprint density at radius 1 is 1.59 bits per heavy atom. The lowest BCUT2D eigenvalue weighted by atomic mass is 10.2. The minimum atomic E-state index is -0.00731. The number of allylic oxidation sites excluding steroid dienone is 1. The first-order valence-electron chi connectivity index (χ1n) is 7.10. The highest BCUT2D eigenvalue weighted by atomic mass is 32.1. The Balaban J connectivity index is 2.25. The maximum atomic E-state index is 11.8. The third kappa shape index (κ3) is 3.69. The van der Waals surface area contributed by atoms with Gasteiger partial charge in [0.25, 0.3) is 0 Å². The van der Waals surface area contributed by atoms with Crippen LogP contribution < -0.4 is 5.32 Å². The number of nitrogens with one attached hydrogen (secondary N) is 2. The lowest BCUT2D eigenvalue weighted by Gasteiger charge is -2.01. The summed E-state index contributed by atoms with van der Waals surface area (Å²) in [5, 5.41) is 10.5.